The summed E-state index contributed by atoms with van der Waals surface area (Å²) < 4.78 is 39.5. The molecule has 3 rings (SSSR count). The molecule has 1 fully saturated rings. The number of rotatable bonds is 7. The van der Waals surface area contributed by atoms with Crippen molar-refractivity contribution < 1.29 is 27.6 Å². The Kier molecular flexibility index (Phi) is 8.80. The summed E-state index contributed by atoms with van der Waals surface area (Å²) in [7, 11) is 2.90. The maximum absolute atomic E-state index is 13.2. The third-order valence-corrected chi connectivity index (χ3v) is 5.86. The van der Waals surface area contributed by atoms with Crippen LogP contribution in [0.1, 0.15) is 27.9 Å². The van der Waals surface area contributed by atoms with Gasteiger partial charge in [0.15, 0.2) is 0 Å². The standard InChI is InChI=1S/C24H27ClF3N5O3/c1-32(2)23(36)31-20-8-5-16(24(26,27)28)11-19(20)22(35)29-12-21(34)30-18-9-10-33(14-18)13-15-3-6-17(25)7-4-15/h3-8,11,18H,9-10,12-14H2,1-2H3,(H,29,35)(H,30,34)(H,31,36)/t18-/m1/s1. The van der Waals surface area contributed by atoms with Crippen LogP contribution in [0.5, 0.6) is 0 Å². The molecule has 36 heavy (non-hydrogen) atoms. The number of urea groups is 1. The van der Waals surface area contributed by atoms with Crippen molar-refractivity contribution in [2.75, 3.05) is 39.0 Å². The first-order chi connectivity index (χ1) is 16.9. The van der Waals surface area contributed by atoms with Gasteiger partial charge in [-0.3, -0.25) is 14.5 Å². The molecule has 1 aliphatic heterocycles. The average Bonchev–Trinajstić information content (AvgIpc) is 3.24. The zero-order chi connectivity index (χ0) is 26.5. The summed E-state index contributed by atoms with van der Waals surface area (Å²) in [6, 6.07) is 9.19. The van der Waals surface area contributed by atoms with E-state index in [9.17, 15) is 27.6 Å². The molecule has 1 heterocycles. The van der Waals surface area contributed by atoms with E-state index in [1.54, 1.807) is 0 Å². The van der Waals surface area contributed by atoms with Gasteiger partial charge in [-0.1, -0.05) is 23.7 Å². The van der Waals surface area contributed by atoms with Gasteiger partial charge in [-0.2, -0.15) is 13.2 Å². The fourth-order valence-corrected chi connectivity index (χ4v) is 3.85. The molecule has 1 saturated heterocycles. The maximum atomic E-state index is 13.2. The third kappa shape index (κ3) is 7.59. The number of nitrogens with zero attached hydrogens (tertiary/aromatic N) is 2. The summed E-state index contributed by atoms with van der Waals surface area (Å²) in [6.07, 6.45) is -3.96. The van der Waals surface area contributed by atoms with Crippen LogP contribution in [0.2, 0.25) is 5.02 Å². The molecule has 0 aliphatic carbocycles. The summed E-state index contributed by atoms with van der Waals surface area (Å²) >= 11 is 5.91. The Hall–Kier alpha value is -3.31. The Labute approximate surface area is 211 Å². The van der Waals surface area contributed by atoms with Gasteiger partial charge in [0.1, 0.15) is 0 Å². The summed E-state index contributed by atoms with van der Waals surface area (Å²) in [4.78, 5) is 40.4. The zero-order valence-corrected chi connectivity index (χ0v) is 20.5. The molecule has 194 valence electrons. The predicted molar refractivity (Wildman–Crippen MR) is 130 cm³/mol. The van der Waals surface area contributed by atoms with E-state index in [0.29, 0.717) is 24.2 Å². The Bertz CT molecular complexity index is 1110. The van der Waals surface area contributed by atoms with Crippen molar-refractivity contribution in [3.63, 3.8) is 0 Å². The highest BCUT2D eigenvalue weighted by atomic mass is 35.5. The zero-order valence-electron chi connectivity index (χ0n) is 19.8. The van der Waals surface area contributed by atoms with Gasteiger partial charge in [-0.05, 0) is 42.3 Å². The molecular formula is C24H27ClF3N5O3. The van der Waals surface area contributed by atoms with Crippen LogP contribution in [-0.2, 0) is 17.5 Å². The van der Waals surface area contributed by atoms with Crippen LogP contribution in [0.3, 0.4) is 0 Å². The van der Waals surface area contributed by atoms with Gasteiger partial charge < -0.3 is 20.9 Å². The summed E-state index contributed by atoms with van der Waals surface area (Å²) in [5.74, 6) is -1.38. The molecule has 2 aromatic carbocycles. The van der Waals surface area contributed by atoms with E-state index in [0.717, 1.165) is 30.7 Å². The van der Waals surface area contributed by atoms with E-state index in [2.05, 4.69) is 20.9 Å². The van der Waals surface area contributed by atoms with Crippen LogP contribution in [0, 0.1) is 0 Å². The molecule has 0 aromatic heterocycles. The van der Waals surface area contributed by atoms with Crippen molar-refractivity contribution in [2.24, 2.45) is 0 Å². The highest BCUT2D eigenvalue weighted by molar-refractivity contribution is 6.30. The van der Waals surface area contributed by atoms with Crippen LogP contribution in [0.25, 0.3) is 0 Å². The Morgan fingerprint density at radius 3 is 2.44 bits per heavy atom. The number of halogens is 4. The van der Waals surface area contributed by atoms with Gasteiger partial charge in [0.25, 0.3) is 5.91 Å². The topological polar surface area (TPSA) is 93.8 Å². The van der Waals surface area contributed by atoms with E-state index in [1.165, 1.54) is 19.0 Å². The predicted octanol–water partition coefficient (Wildman–Crippen LogP) is 3.57. The number of benzene rings is 2. The third-order valence-electron chi connectivity index (χ3n) is 5.61. The molecule has 12 heteroatoms. The van der Waals surface area contributed by atoms with Gasteiger partial charge >= 0.3 is 12.2 Å². The smallest absolute Gasteiger partial charge is 0.350 e. The SMILES string of the molecule is CN(C)C(=O)Nc1ccc(C(F)(F)F)cc1C(=O)NCC(=O)N[C@@H]1CCN(Cc2ccc(Cl)cc2)C1. The minimum Gasteiger partial charge on any atom is -0.350 e. The number of carbonyl (C=O) groups is 3. The molecule has 1 atom stereocenters. The van der Waals surface area contributed by atoms with Crippen LogP contribution in [0.15, 0.2) is 42.5 Å². The van der Waals surface area contributed by atoms with Crippen LogP contribution in [-0.4, -0.2) is 67.4 Å². The first kappa shape index (κ1) is 27.3. The molecule has 1 aliphatic rings. The fourth-order valence-electron chi connectivity index (χ4n) is 3.72. The van der Waals surface area contributed by atoms with Crippen LogP contribution in [0.4, 0.5) is 23.7 Å². The summed E-state index contributed by atoms with van der Waals surface area (Å²) in [5.41, 5.74) is -0.459. The maximum Gasteiger partial charge on any atom is 0.416 e. The van der Waals surface area contributed by atoms with Crippen molar-refractivity contribution >= 4 is 35.1 Å². The quantitative estimate of drug-likeness (QED) is 0.515. The summed E-state index contributed by atoms with van der Waals surface area (Å²) in [6.45, 7) is 1.68. The fraction of sp³-hybridized carbons (Fsp3) is 0.375. The number of anilines is 1. The Morgan fingerprint density at radius 2 is 1.81 bits per heavy atom. The average molecular weight is 526 g/mol. The lowest BCUT2D eigenvalue weighted by atomic mass is 10.1. The molecule has 0 unspecified atom stereocenters. The molecule has 0 saturated carbocycles. The Morgan fingerprint density at radius 1 is 1.11 bits per heavy atom. The molecule has 0 radical (unpaired) electrons. The molecular weight excluding hydrogens is 499 g/mol. The van der Waals surface area contributed by atoms with Gasteiger partial charge in [-0.15, -0.1) is 0 Å². The lowest BCUT2D eigenvalue weighted by Gasteiger charge is -2.18. The highest BCUT2D eigenvalue weighted by Crippen LogP contribution is 2.32. The number of amides is 4. The van der Waals surface area contributed by atoms with Crippen molar-refractivity contribution in [3.05, 3.63) is 64.2 Å². The number of alkyl halides is 3. The molecule has 0 bridgehead atoms. The largest absolute Gasteiger partial charge is 0.416 e. The van der Waals surface area contributed by atoms with Gasteiger partial charge in [0, 0.05) is 44.8 Å². The Balaban J connectivity index is 1.57. The second kappa shape index (κ2) is 11.6. The molecule has 0 spiro atoms. The normalized spacial score (nSPS) is 15.9. The highest BCUT2D eigenvalue weighted by Gasteiger charge is 2.32. The van der Waals surface area contributed by atoms with Gasteiger partial charge in [0.05, 0.1) is 23.4 Å². The molecule has 8 nitrogen and oxygen atoms in total. The van der Waals surface area contributed by atoms with Crippen molar-refractivity contribution in [1.29, 1.82) is 0 Å². The minimum atomic E-state index is -4.68. The number of hydrogen-bond acceptors (Lipinski definition) is 4. The number of likely N-dealkylation sites (tertiary alicyclic amines) is 1. The van der Waals surface area contributed by atoms with E-state index in [-0.39, 0.29) is 11.7 Å². The van der Waals surface area contributed by atoms with Crippen molar-refractivity contribution in [3.8, 4) is 0 Å². The molecule has 2 aromatic rings. The van der Waals surface area contributed by atoms with Crippen LogP contribution < -0.4 is 16.0 Å². The van der Waals surface area contributed by atoms with Gasteiger partial charge in [0.2, 0.25) is 5.91 Å². The summed E-state index contributed by atoms with van der Waals surface area (Å²) in [5, 5.41) is 8.22. The molecule has 4 amide bonds. The number of hydrogen-bond donors (Lipinski definition) is 3. The van der Waals surface area contributed by atoms with E-state index < -0.39 is 41.7 Å². The number of nitrogens with one attached hydrogen (secondary N) is 3. The lowest BCUT2D eigenvalue weighted by molar-refractivity contribution is -0.137. The molecule has 3 N–H and O–H groups in total. The van der Waals surface area contributed by atoms with E-state index >= 15 is 0 Å². The van der Waals surface area contributed by atoms with Crippen molar-refractivity contribution in [2.45, 2.75) is 25.2 Å². The number of carbonyl (C=O) groups excluding carboxylic acids is 3. The lowest BCUT2D eigenvalue weighted by Crippen LogP contribution is -2.43. The van der Waals surface area contributed by atoms with Crippen molar-refractivity contribution in [1.82, 2.24) is 20.4 Å². The first-order valence-electron chi connectivity index (χ1n) is 11.2. The van der Waals surface area contributed by atoms with E-state index in [1.807, 2.05) is 24.3 Å². The second-order valence-corrected chi connectivity index (χ2v) is 9.12. The monoisotopic (exact) mass is 525 g/mol. The van der Waals surface area contributed by atoms with Gasteiger partial charge in [-0.25, -0.2) is 4.79 Å². The second-order valence-electron chi connectivity index (χ2n) is 8.68. The minimum absolute atomic E-state index is 0.103. The van der Waals surface area contributed by atoms with E-state index in [4.69, 9.17) is 11.6 Å². The first-order valence-corrected chi connectivity index (χ1v) is 11.5. The van der Waals surface area contributed by atoms with Crippen LogP contribution >= 0.6 is 11.6 Å².